The number of non-ortho nitro benzene ring substituents is 2. The normalized spacial score (nSPS) is 21.1. The highest BCUT2D eigenvalue weighted by molar-refractivity contribution is 5.55. The van der Waals surface area contributed by atoms with Gasteiger partial charge in [0.25, 0.3) is 11.4 Å². The zero-order valence-corrected chi connectivity index (χ0v) is 16.4. The van der Waals surface area contributed by atoms with Crippen LogP contribution >= 0.6 is 0 Å². The average Bonchev–Trinajstić information content (AvgIpc) is 2.78. The molecule has 0 N–H and O–H groups in total. The molecule has 3 rings (SSSR count). The number of nitro benzene ring substituents is 2. The Morgan fingerprint density at radius 2 is 1.50 bits per heavy atom. The molecule has 0 saturated heterocycles. The molecule has 0 spiro atoms. The summed E-state index contributed by atoms with van der Waals surface area (Å²) in [6.45, 7) is 7.96. The van der Waals surface area contributed by atoms with Crippen molar-refractivity contribution in [3.05, 3.63) is 123 Å². The van der Waals surface area contributed by atoms with Crippen molar-refractivity contribution in [1.82, 2.24) is 0 Å². The molecule has 0 fully saturated rings. The number of hydrogen-bond acceptors (Lipinski definition) is 4. The molecule has 0 bridgehead atoms. The third-order valence-corrected chi connectivity index (χ3v) is 5.60. The van der Waals surface area contributed by atoms with Crippen LogP contribution in [0.25, 0.3) is 6.08 Å². The van der Waals surface area contributed by atoms with E-state index < -0.39 is 15.3 Å². The molecule has 0 aliphatic heterocycles. The molecule has 1 aliphatic rings. The summed E-state index contributed by atoms with van der Waals surface area (Å²) in [6.07, 6.45) is 11.5. The van der Waals surface area contributed by atoms with E-state index >= 15 is 0 Å². The first kappa shape index (κ1) is 20.9. The van der Waals surface area contributed by atoms with Crippen LogP contribution in [0.15, 0.2) is 91.6 Å². The minimum Gasteiger partial charge on any atom is -0.258 e. The molecule has 2 atom stereocenters. The van der Waals surface area contributed by atoms with Crippen LogP contribution in [0.5, 0.6) is 0 Å². The predicted molar refractivity (Wildman–Crippen MR) is 118 cm³/mol. The third-order valence-electron chi connectivity index (χ3n) is 5.60. The van der Waals surface area contributed by atoms with Gasteiger partial charge in [-0.15, -0.1) is 6.58 Å². The van der Waals surface area contributed by atoms with Gasteiger partial charge in [-0.25, -0.2) is 0 Å². The van der Waals surface area contributed by atoms with Crippen LogP contribution in [-0.4, -0.2) is 9.85 Å². The smallest absolute Gasteiger partial charge is 0.258 e. The van der Waals surface area contributed by atoms with Gasteiger partial charge >= 0.3 is 0 Å². The second kappa shape index (κ2) is 8.69. The second-order valence-electron chi connectivity index (χ2n) is 7.27. The van der Waals surface area contributed by atoms with E-state index in [9.17, 15) is 20.2 Å². The van der Waals surface area contributed by atoms with Crippen molar-refractivity contribution in [2.45, 2.75) is 18.8 Å². The van der Waals surface area contributed by atoms with Crippen molar-refractivity contribution in [3.8, 4) is 0 Å². The fraction of sp³-hybridized carbons (Fsp3) is 0.167. The van der Waals surface area contributed by atoms with Gasteiger partial charge in [-0.2, -0.15) is 0 Å². The molecular weight excluding hydrogens is 380 g/mol. The molecule has 0 aromatic heterocycles. The fourth-order valence-electron chi connectivity index (χ4n) is 3.79. The molecule has 2 aromatic rings. The largest absolute Gasteiger partial charge is 0.269 e. The SMILES string of the molecule is C=CC1=C[C@H](c2ccc([N+](=O)[O-])cc2)[C@](C=C)(/C=C/c2ccc([N+](=O)[O-])cc2)CC1. The lowest BCUT2D eigenvalue weighted by Gasteiger charge is -2.39. The van der Waals surface area contributed by atoms with Crippen LogP contribution in [0.3, 0.4) is 0 Å². The van der Waals surface area contributed by atoms with E-state index in [1.807, 2.05) is 18.2 Å². The summed E-state index contributed by atoms with van der Waals surface area (Å²) in [5.41, 5.74) is 2.62. The fourth-order valence-corrected chi connectivity index (χ4v) is 3.79. The van der Waals surface area contributed by atoms with Gasteiger partial charge in [-0.3, -0.25) is 20.2 Å². The number of allylic oxidation sites excluding steroid dienone is 5. The van der Waals surface area contributed by atoms with Gasteiger partial charge in [0, 0.05) is 35.6 Å². The van der Waals surface area contributed by atoms with Gasteiger partial charge in [0.2, 0.25) is 0 Å². The molecule has 0 heterocycles. The highest BCUT2D eigenvalue weighted by Gasteiger charge is 2.36. The Bertz CT molecular complexity index is 1040. The summed E-state index contributed by atoms with van der Waals surface area (Å²) in [6, 6.07) is 13.0. The van der Waals surface area contributed by atoms with Crippen molar-refractivity contribution < 1.29 is 9.85 Å². The summed E-state index contributed by atoms with van der Waals surface area (Å²) in [7, 11) is 0. The monoisotopic (exact) mass is 402 g/mol. The minimum absolute atomic E-state index is 0.0468. The molecule has 2 aromatic carbocycles. The number of hydrogen-bond donors (Lipinski definition) is 0. The second-order valence-corrected chi connectivity index (χ2v) is 7.27. The van der Waals surface area contributed by atoms with Crippen LogP contribution in [-0.2, 0) is 0 Å². The van der Waals surface area contributed by atoms with Crippen LogP contribution in [0.4, 0.5) is 11.4 Å². The van der Waals surface area contributed by atoms with Gasteiger partial charge < -0.3 is 0 Å². The first-order valence-corrected chi connectivity index (χ1v) is 9.53. The number of rotatable bonds is 7. The molecule has 0 unspecified atom stereocenters. The van der Waals surface area contributed by atoms with Gasteiger partial charge in [-0.1, -0.05) is 54.7 Å². The maximum absolute atomic E-state index is 11.0. The standard InChI is InChI=1S/C24H22N2O4/c1-3-18-13-15-24(4-2,16-14-19-5-9-21(10-6-19)25(27)28)23(17-18)20-7-11-22(12-8-20)26(29)30/h3-12,14,16-17,23H,1-2,13,15H2/b16-14+/t23-,24+/m1/s1. The Morgan fingerprint density at radius 3 is 2.00 bits per heavy atom. The predicted octanol–water partition coefficient (Wildman–Crippen LogP) is 6.38. The van der Waals surface area contributed by atoms with Crippen LogP contribution in [0.2, 0.25) is 0 Å². The molecule has 6 heteroatoms. The first-order chi connectivity index (χ1) is 14.4. The summed E-state index contributed by atoms with van der Waals surface area (Å²) in [4.78, 5) is 21.0. The van der Waals surface area contributed by atoms with E-state index in [-0.39, 0.29) is 17.3 Å². The summed E-state index contributed by atoms with van der Waals surface area (Å²) < 4.78 is 0. The molecule has 0 radical (unpaired) electrons. The van der Waals surface area contributed by atoms with Gasteiger partial charge in [0.05, 0.1) is 9.85 Å². The molecule has 1 aliphatic carbocycles. The van der Waals surface area contributed by atoms with Crippen LogP contribution in [0, 0.1) is 25.6 Å². The average molecular weight is 402 g/mol. The highest BCUT2D eigenvalue weighted by atomic mass is 16.6. The van der Waals surface area contributed by atoms with Gasteiger partial charge in [-0.05, 0) is 36.1 Å². The van der Waals surface area contributed by atoms with E-state index in [2.05, 4.69) is 25.3 Å². The van der Waals surface area contributed by atoms with Gasteiger partial charge in [0.15, 0.2) is 0 Å². The van der Waals surface area contributed by atoms with Crippen molar-refractivity contribution in [3.63, 3.8) is 0 Å². The van der Waals surface area contributed by atoms with Crippen molar-refractivity contribution in [2.75, 3.05) is 0 Å². The van der Waals surface area contributed by atoms with Gasteiger partial charge in [0.1, 0.15) is 0 Å². The Labute approximate surface area is 174 Å². The molecule has 6 nitrogen and oxygen atoms in total. The van der Waals surface area contributed by atoms with E-state index in [4.69, 9.17) is 0 Å². The van der Waals surface area contributed by atoms with Crippen LogP contribution < -0.4 is 0 Å². The maximum atomic E-state index is 11.0. The zero-order chi connectivity index (χ0) is 21.7. The van der Waals surface area contributed by atoms with Crippen molar-refractivity contribution >= 4 is 17.5 Å². The van der Waals surface area contributed by atoms with E-state index in [1.54, 1.807) is 24.3 Å². The maximum Gasteiger partial charge on any atom is 0.269 e. The molecule has 0 amide bonds. The van der Waals surface area contributed by atoms with E-state index in [1.165, 1.54) is 24.3 Å². The quantitative estimate of drug-likeness (QED) is 0.305. The number of nitro groups is 2. The van der Waals surface area contributed by atoms with E-state index in [0.29, 0.717) is 0 Å². The van der Waals surface area contributed by atoms with Crippen molar-refractivity contribution in [2.24, 2.45) is 5.41 Å². The summed E-state index contributed by atoms with van der Waals surface area (Å²) >= 11 is 0. The Morgan fingerprint density at radius 1 is 0.933 bits per heavy atom. The summed E-state index contributed by atoms with van der Waals surface area (Å²) in [5, 5.41) is 21.9. The zero-order valence-electron chi connectivity index (χ0n) is 16.4. The molecule has 30 heavy (non-hydrogen) atoms. The molecular formula is C24H22N2O4. The Hall–Kier alpha value is -3.80. The number of nitrogens with zero attached hydrogens (tertiary/aromatic N) is 2. The third kappa shape index (κ3) is 4.27. The van der Waals surface area contributed by atoms with E-state index in [0.717, 1.165) is 29.5 Å². The Kier molecular flexibility index (Phi) is 6.06. The topological polar surface area (TPSA) is 86.3 Å². The Balaban J connectivity index is 1.99. The molecule has 152 valence electrons. The molecule has 0 saturated carbocycles. The van der Waals surface area contributed by atoms with Crippen molar-refractivity contribution in [1.29, 1.82) is 0 Å². The van der Waals surface area contributed by atoms with Crippen LogP contribution in [0.1, 0.15) is 29.9 Å². The highest BCUT2D eigenvalue weighted by Crippen LogP contribution is 2.48. The lowest BCUT2D eigenvalue weighted by molar-refractivity contribution is -0.385. The lowest BCUT2D eigenvalue weighted by Crippen LogP contribution is -2.27. The lowest BCUT2D eigenvalue weighted by atomic mass is 9.65. The minimum atomic E-state index is -0.425. The first-order valence-electron chi connectivity index (χ1n) is 9.53. The number of benzene rings is 2. The summed E-state index contributed by atoms with van der Waals surface area (Å²) in [5.74, 6) is -0.0631.